The Labute approximate surface area is 429 Å². The number of rotatable bonds is 56. The first kappa shape index (κ1) is 66.8. The first-order valence-corrected chi connectivity index (χ1v) is 30.4. The zero-order valence-electron chi connectivity index (χ0n) is 46.0. The van der Waals surface area contributed by atoms with E-state index in [2.05, 4.69) is 55.6 Å². The van der Waals surface area contributed by atoms with E-state index < -0.39 is 12.1 Å². The minimum Gasteiger partial charge on any atom is -0.466 e. The van der Waals surface area contributed by atoms with Crippen LogP contribution in [0, 0.1) is 0 Å². The SMILES string of the molecule is CCCCC/C=C\C/C=C\CCCCCCCCCC(=O)OCCCCCCCCCCCCC/C=C\CCCCCCCCCC(=O)NC(CO)C(O)/C=C/CCCCCCCCCCCCC. The molecule has 0 aromatic heterocycles. The second-order valence-corrected chi connectivity index (χ2v) is 20.7. The third kappa shape index (κ3) is 55.0. The lowest BCUT2D eigenvalue weighted by Gasteiger charge is -2.20. The van der Waals surface area contributed by atoms with Gasteiger partial charge < -0.3 is 20.3 Å². The molecular formula is C63H117NO5. The van der Waals surface area contributed by atoms with Crippen molar-refractivity contribution in [1.29, 1.82) is 0 Å². The van der Waals surface area contributed by atoms with E-state index in [4.69, 9.17) is 4.74 Å². The van der Waals surface area contributed by atoms with Crippen LogP contribution < -0.4 is 5.32 Å². The van der Waals surface area contributed by atoms with Crippen LogP contribution in [0.25, 0.3) is 0 Å². The number of ether oxygens (including phenoxy) is 1. The lowest BCUT2D eigenvalue weighted by Crippen LogP contribution is -2.45. The predicted molar refractivity (Wildman–Crippen MR) is 301 cm³/mol. The molecule has 69 heavy (non-hydrogen) atoms. The molecule has 0 fully saturated rings. The van der Waals surface area contributed by atoms with Gasteiger partial charge in [0.2, 0.25) is 5.91 Å². The van der Waals surface area contributed by atoms with Gasteiger partial charge in [-0.2, -0.15) is 0 Å². The number of esters is 1. The largest absolute Gasteiger partial charge is 0.466 e. The quantitative estimate of drug-likeness (QED) is 0.0321. The summed E-state index contributed by atoms with van der Waals surface area (Å²) >= 11 is 0. The van der Waals surface area contributed by atoms with Crippen molar-refractivity contribution in [3.05, 3.63) is 48.6 Å². The second kappa shape index (κ2) is 58.4. The van der Waals surface area contributed by atoms with E-state index in [1.54, 1.807) is 6.08 Å². The highest BCUT2D eigenvalue weighted by Gasteiger charge is 2.18. The summed E-state index contributed by atoms with van der Waals surface area (Å²) in [4.78, 5) is 24.5. The number of allylic oxidation sites excluding steroid dienone is 7. The average Bonchev–Trinajstić information content (AvgIpc) is 3.35. The van der Waals surface area contributed by atoms with Crippen molar-refractivity contribution in [3.8, 4) is 0 Å². The highest BCUT2D eigenvalue weighted by molar-refractivity contribution is 5.76. The van der Waals surface area contributed by atoms with Gasteiger partial charge in [0.05, 0.1) is 25.4 Å². The number of carbonyl (C=O) groups excluding carboxylic acids is 2. The Bertz CT molecular complexity index is 1160. The normalized spacial score (nSPS) is 12.9. The minimum absolute atomic E-state index is 0.00120. The van der Waals surface area contributed by atoms with Gasteiger partial charge in [0.15, 0.2) is 0 Å². The average molecular weight is 969 g/mol. The van der Waals surface area contributed by atoms with Crippen LogP contribution in [0.4, 0.5) is 0 Å². The number of aliphatic hydroxyl groups is 2. The molecule has 2 unspecified atom stereocenters. The molecule has 0 aromatic carbocycles. The summed E-state index contributed by atoms with van der Waals surface area (Å²) in [6.45, 7) is 4.87. The van der Waals surface area contributed by atoms with Gasteiger partial charge in [0.1, 0.15) is 0 Å². The maximum absolute atomic E-state index is 12.4. The van der Waals surface area contributed by atoms with Crippen LogP contribution in [0.5, 0.6) is 0 Å². The molecule has 6 nitrogen and oxygen atoms in total. The van der Waals surface area contributed by atoms with E-state index in [1.807, 2.05) is 6.08 Å². The Kier molecular flexibility index (Phi) is 56.5. The van der Waals surface area contributed by atoms with Gasteiger partial charge in [-0.25, -0.2) is 0 Å². The highest BCUT2D eigenvalue weighted by Crippen LogP contribution is 2.16. The van der Waals surface area contributed by atoms with Crippen molar-refractivity contribution in [1.82, 2.24) is 5.32 Å². The molecule has 1 amide bonds. The van der Waals surface area contributed by atoms with Crippen molar-refractivity contribution in [2.24, 2.45) is 0 Å². The Hall–Kier alpha value is -2.18. The van der Waals surface area contributed by atoms with Gasteiger partial charge in [-0.3, -0.25) is 9.59 Å². The van der Waals surface area contributed by atoms with Gasteiger partial charge in [0.25, 0.3) is 0 Å². The zero-order chi connectivity index (χ0) is 50.0. The number of hydrogen-bond donors (Lipinski definition) is 3. The Morgan fingerprint density at radius 3 is 1.14 bits per heavy atom. The van der Waals surface area contributed by atoms with E-state index in [9.17, 15) is 19.8 Å². The molecular weight excluding hydrogens is 851 g/mol. The number of aliphatic hydroxyl groups excluding tert-OH is 2. The highest BCUT2D eigenvalue weighted by atomic mass is 16.5. The number of unbranched alkanes of at least 4 members (excludes halogenated alkanes) is 39. The maximum atomic E-state index is 12.4. The maximum Gasteiger partial charge on any atom is 0.305 e. The molecule has 3 N–H and O–H groups in total. The lowest BCUT2D eigenvalue weighted by molar-refractivity contribution is -0.143. The molecule has 6 heteroatoms. The molecule has 0 aliphatic rings. The Morgan fingerprint density at radius 2 is 0.725 bits per heavy atom. The molecule has 0 bridgehead atoms. The molecule has 0 spiro atoms. The van der Waals surface area contributed by atoms with Crippen LogP contribution in [0.3, 0.4) is 0 Å². The van der Waals surface area contributed by atoms with Gasteiger partial charge in [0, 0.05) is 12.8 Å². The molecule has 2 atom stereocenters. The van der Waals surface area contributed by atoms with Crippen LogP contribution in [-0.2, 0) is 14.3 Å². The summed E-state index contributed by atoms with van der Waals surface area (Å²) in [6, 6.07) is -0.633. The molecule has 0 aromatic rings. The van der Waals surface area contributed by atoms with E-state index in [1.165, 1.54) is 231 Å². The van der Waals surface area contributed by atoms with Crippen molar-refractivity contribution in [3.63, 3.8) is 0 Å². The molecule has 0 heterocycles. The molecule has 0 aliphatic heterocycles. The van der Waals surface area contributed by atoms with Gasteiger partial charge in [-0.05, 0) is 89.9 Å². The standard InChI is InChI=1S/C63H117NO5/c1-3-5-7-9-11-13-15-17-18-25-29-33-37-41-45-49-53-57-63(68)69-58-54-50-46-42-38-34-30-27-24-22-20-19-21-23-26-28-32-36-40-44-48-52-56-62(67)64-60(59-65)61(66)55-51-47-43-39-35-31-16-14-12-10-8-6-4-2/h11,13,17-18,21,23,51,55,60-61,65-66H,3-10,12,14-16,19-20,22,24-50,52-54,56-59H2,1-2H3,(H,64,67)/b13-11-,18-17-,23-21-,55-51+. The number of nitrogens with one attached hydrogen (secondary N) is 1. The van der Waals surface area contributed by atoms with Crippen LogP contribution in [0.1, 0.15) is 316 Å². The molecule has 0 aliphatic carbocycles. The molecule has 0 rings (SSSR count). The first-order valence-electron chi connectivity index (χ1n) is 30.4. The number of hydrogen-bond acceptors (Lipinski definition) is 5. The second-order valence-electron chi connectivity index (χ2n) is 20.7. The fourth-order valence-electron chi connectivity index (χ4n) is 9.13. The summed E-state index contributed by atoms with van der Waals surface area (Å²) < 4.78 is 5.48. The van der Waals surface area contributed by atoms with Crippen molar-refractivity contribution < 1.29 is 24.5 Å². The fraction of sp³-hybridized carbons (Fsp3) is 0.841. The number of amides is 1. The number of carbonyl (C=O) groups is 2. The summed E-state index contributed by atoms with van der Waals surface area (Å²) in [7, 11) is 0. The Balaban J connectivity index is 3.43. The van der Waals surface area contributed by atoms with Crippen molar-refractivity contribution in [2.45, 2.75) is 328 Å². The topological polar surface area (TPSA) is 95.9 Å². The summed E-state index contributed by atoms with van der Waals surface area (Å²) in [6.07, 6.45) is 74.3. The van der Waals surface area contributed by atoms with E-state index in [-0.39, 0.29) is 18.5 Å². The van der Waals surface area contributed by atoms with Gasteiger partial charge in [-0.1, -0.05) is 262 Å². The third-order valence-corrected chi connectivity index (χ3v) is 13.8. The van der Waals surface area contributed by atoms with E-state index >= 15 is 0 Å². The molecule has 404 valence electrons. The van der Waals surface area contributed by atoms with Crippen LogP contribution in [0.15, 0.2) is 48.6 Å². The molecule has 0 saturated heterocycles. The van der Waals surface area contributed by atoms with Crippen molar-refractivity contribution in [2.75, 3.05) is 13.2 Å². The summed E-state index contributed by atoms with van der Waals surface area (Å²) in [5.74, 6) is -0.0744. The Morgan fingerprint density at radius 1 is 0.406 bits per heavy atom. The van der Waals surface area contributed by atoms with Crippen LogP contribution in [-0.4, -0.2) is 47.4 Å². The minimum atomic E-state index is -0.849. The van der Waals surface area contributed by atoms with Gasteiger partial charge in [-0.15, -0.1) is 0 Å². The smallest absolute Gasteiger partial charge is 0.305 e. The van der Waals surface area contributed by atoms with Crippen molar-refractivity contribution >= 4 is 11.9 Å². The monoisotopic (exact) mass is 968 g/mol. The summed E-state index contributed by atoms with van der Waals surface area (Å²) in [5.41, 5.74) is 0. The van der Waals surface area contributed by atoms with E-state index in [0.717, 1.165) is 57.8 Å². The van der Waals surface area contributed by atoms with E-state index in [0.29, 0.717) is 19.4 Å². The first-order chi connectivity index (χ1) is 34.0. The predicted octanol–water partition coefficient (Wildman–Crippen LogP) is 19.0. The zero-order valence-corrected chi connectivity index (χ0v) is 46.0. The van der Waals surface area contributed by atoms with Gasteiger partial charge >= 0.3 is 5.97 Å². The summed E-state index contributed by atoms with van der Waals surface area (Å²) in [5, 5.41) is 23.1. The van der Waals surface area contributed by atoms with Crippen LogP contribution in [0.2, 0.25) is 0 Å². The molecule has 0 radical (unpaired) electrons. The fourth-order valence-corrected chi connectivity index (χ4v) is 9.13. The third-order valence-electron chi connectivity index (χ3n) is 13.8. The molecule has 0 saturated carbocycles. The lowest BCUT2D eigenvalue weighted by atomic mass is 10.0. The van der Waals surface area contributed by atoms with Crippen LogP contribution >= 0.6 is 0 Å².